The first kappa shape index (κ1) is 10.5. The lowest BCUT2D eigenvalue weighted by Crippen LogP contribution is -2.06. The van der Waals surface area contributed by atoms with Gasteiger partial charge in [-0.3, -0.25) is 0 Å². The third-order valence-corrected chi connectivity index (χ3v) is 4.85. The Labute approximate surface area is 89.5 Å². The maximum Gasteiger partial charge on any atom is -0.0261 e. The van der Waals surface area contributed by atoms with Gasteiger partial charge >= 0.3 is 0 Å². The van der Waals surface area contributed by atoms with E-state index in [0.29, 0.717) is 0 Å². The molecular weight excluding hydrogens is 168 g/mol. The zero-order valence-electron chi connectivity index (χ0n) is 10.3. The van der Waals surface area contributed by atoms with E-state index in [2.05, 4.69) is 27.7 Å². The van der Waals surface area contributed by atoms with E-state index in [1.807, 2.05) is 0 Å². The van der Waals surface area contributed by atoms with Crippen LogP contribution in [0.3, 0.4) is 0 Å². The Hall–Kier alpha value is 0. The highest BCUT2D eigenvalue weighted by Gasteiger charge is 2.62. The van der Waals surface area contributed by atoms with Crippen LogP contribution < -0.4 is 0 Å². The summed E-state index contributed by atoms with van der Waals surface area (Å²) < 4.78 is 0. The SMILES string of the molecule is CCCCC1CC1C1(C)CC1C(C)C. The molecular formula is C14H26. The van der Waals surface area contributed by atoms with E-state index in [0.717, 1.165) is 29.1 Å². The van der Waals surface area contributed by atoms with Crippen molar-refractivity contribution in [1.82, 2.24) is 0 Å². The second kappa shape index (κ2) is 3.54. The molecule has 82 valence electrons. The van der Waals surface area contributed by atoms with Crippen LogP contribution in [0.4, 0.5) is 0 Å². The van der Waals surface area contributed by atoms with Gasteiger partial charge < -0.3 is 0 Å². The van der Waals surface area contributed by atoms with Crippen molar-refractivity contribution in [3.05, 3.63) is 0 Å². The van der Waals surface area contributed by atoms with Crippen LogP contribution in [0.25, 0.3) is 0 Å². The zero-order chi connectivity index (χ0) is 10.3. The van der Waals surface area contributed by atoms with Crippen molar-refractivity contribution in [2.75, 3.05) is 0 Å². The molecule has 0 nitrogen and oxygen atoms in total. The molecule has 0 aromatic carbocycles. The highest BCUT2D eigenvalue weighted by atomic mass is 14.7. The molecule has 0 bridgehead atoms. The molecule has 0 aliphatic heterocycles. The molecule has 0 saturated heterocycles. The highest BCUT2D eigenvalue weighted by Crippen LogP contribution is 2.70. The highest BCUT2D eigenvalue weighted by molar-refractivity contribution is 5.11. The summed E-state index contributed by atoms with van der Waals surface area (Å²) in [7, 11) is 0. The standard InChI is InChI=1S/C14H26/c1-5-6-7-11-8-12(11)14(4)9-13(14)10(2)3/h10-13H,5-9H2,1-4H3. The minimum atomic E-state index is 0.770. The van der Waals surface area contributed by atoms with Crippen LogP contribution in [0.5, 0.6) is 0 Å². The van der Waals surface area contributed by atoms with Gasteiger partial charge in [-0.25, -0.2) is 0 Å². The molecule has 2 fully saturated rings. The monoisotopic (exact) mass is 194 g/mol. The Morgan fingerprint density at radius 1 is 1.36 bits per heavy atom. The molecule has 0 aromatic rings. The van der Waals surface area contributed by atoms with Gasteiger partial charge in [0.1, 0.15) is 0 Å². The van der Waals surface area contributed by atoms with Gasteiger partial charge in [-0.05, 0) is 41.9 Å². The molecule has 2 saturated carbocycles. The fourth-order valence-corrected chi connectivity index (χ4v) is 3.68. The lowest BCUT2D eigenvalue weighted by atomic mass is 9.92. The second-order valence-corrected chi connectivity index (χ2v) is 6.30. The molecule has 2 aliphatic rings. The van der Waals surface area contributed by atoms with E-state index >= 15 is 0 Å². The molecule has 0 amide bonds. The van der Waals surface area contributed by atoms with E-state index in [4.69, 9.17) is 0 Å². The van der Waals surface area contributed by atoms with Gasteiger partial charge in [0.25, 0.3) is 0 Å². The quantitative estimate of drug-likeness (QED) is 0.604. The van der Waals surface area contributed by atoms with Crippen LogP contribution in [0.15, 0.2) is 0 Å². The summed E-state index contributed by atoms with van der Waals surface area (Å²) in [5, 5.41) is 0. The molecule has 0 heterocycles. The van der Waals surface area contributed by atoms with Gasteiger partial charge in [0, 0.05) is 0 Å². The summed E-state index contributed by atoms with van der Waals surface area (Å²) in [4.78, 5) is 0. The molecule has 2 aliphatic carbocycles. The van der Waals surface area contributed by atoms with Crippen molar-refractivity contribution in [3.63, 3.8) is 0 Å². The summed E-state index contributed by atoms with van der Waals surface area (Å²) in [6.07, 6.45) is 7.44. The topological polar surface area (TPSA) is 0 Å². The molecule has 0 spiro atoms. The van der Waals surface area contributed by atoms with Crippen molar-refractivity contribution >= 4 is 0 Å². The van der Waals surface area contributed by atoms with Crippen molar-refractivity contribution in [2.45, 2.75) is 59.8 Å². The molecule has 4 atom stereocenters. The first-order valence-electron chi connectivity index (χ1n) is 6.59. The fraction of sp³-hybridized carbons (Fsp3) is 1.00. The molecule has 0 radical (unpaired) electrons. The van der Waals surface area contributed by atoms with Crippen LogP contribution in [0.2, 0.25) is 0 Å². The summed E-state index contributed by atoms with van der Waals surface area (Å²) in [5.41, 5.74) is 0.770. The predicted molar refractivity (Wildman–Crippen MR) is 62.2 cm³/mol. The van der Waals surface area contributed by atoms with Crippen LogP contribution in [0.1, 0.15) is 59.8 Å². The first-order valence-corrected chi connectivity index (χ1v) is 6.59. The molecule has 2 rings (SSSR count). The lowest BCUT2D eigenvalue weighted by molar-refractivity contribution is 0.356. The Morgan fingerprint density at radius 3 is 2.57 bits per heavy atom. The van der Waals surface area contributed by atoms with E-state index < -0.39 is 0 Å². The van der Waals surface area contributed by atoms with Gasteiger partial charge in [-0.1, -0.05) is 47.0 Å². The van der Waals surface area contributed by atoms with Crippen LogP contribution >= 0.6 is 0 Å². The number of unbranched alkanes of at least 4 members (excludes halogenated alkanes) is 1. The summed E-state index contributed by atoms with van der Waals surface area (Å²) in [6.45, 7) is 9.67. The molecule has 0 heteroatoms. The third-order valence-electron chi connectivity index (χ3n) is 4.85. The van der Waals surface area contributed by atoms with E-state index in [1.165, 1.54) is 25.7 Å². The Bertz CT molecular complexity index is 206. The minimum absolute atomic E-state index is 0.770. The lowest BCUT2D eigenvalue weighted by Gasteiger charge is -2.13. The maximum atomic E-state index is 2.55. The summed E-state index contributed by atoms with van der Waals surface area (Å²) >= 11 is 0. The molecule has 0 aromatic heterocycles. The normalized spacial score (nSPS) is 45.6. The van der Waals surface area contributed by atoms with Crippen LogP contribution in [-0.4, -0.2) is 0 Å². The number of hydrogen-bond acceptors (Lipinski definition) is 0. The van der Waals surface area contributed by atoms with E-state index in [1.54, 1.807) is 6.42 Å². The van der Waals surface area contributed by atoms with Gasteiger partial charge in [-0.15, -0.1) is 0 Å². The number of rotatable bonds is 5. The Morgan fingerprint density at radius 2 is 2.07 bits per heavy atom. The third kappa shape index (κ3) is 1.73. The summed E-state index contributed by atoms with van der Waals surface area (Å²) in [6, 6.07) is 0. The molecule has 4 unspecified atom stereocenters. The first-order chi connectivity index (χ1) is 6.59. The average Bonchev–Trinajstić information content (AvgIpc) is 2.96. The van der Waals surface area contributed by atoms with Gasteiger partial charge in [0.05, 0.1) is 0 Å². The van der Waals surface area contributed by atoms with Crippen LogP contribution in [-0.2, 0) is 0 Å². The van der Waals surface area contributed by atoms with E-state index in [-0.39, 0.29) is 0 Å². The number of hydrogen-bond donors (Lipinski definition) is 0. The van der Waals surface area contributed by atoms with Crippen molar-refractivity contribution in [1.29, 1.82) is 0 Å². The van der Waals surface area contributed by atoms with Crippen molar-refractivity contribution in [2.24, 2.45) is 29.1 Å². The zero-order valence-corrected chi connectivity index (χ0v) is 10.3. The van der Waals surface area contributed by atoms with Crippen molar-refractivity contribution < 1.29 is 0 Å². The second-order valence-electron chi connectivity index (χ2n) is 6.30. The Balaban J connectivity index is 1.77. The largest absolute Gasteiger partial charge is 0.0654 e. The Kier molecular flexibility index (Phi) is 2.66. The van der Waals surface area contributed by atoms with Crippen molar-refractivity contribution in [3.8, 4) is 0 Å². The van der Waals surface area contributed by atoms with Gasteiger partial charge in [0.2, 0.25) is 0 Å². The van der Waals surface area contributed by atoms with Gasteiger partial charge in [-0.2, -0.15) is 0 Å². The predicted octanol–water partition coefficient (Wildman–Crippen LogP) is 4.49. The van der Waals surface area contributed by atoms with Crippen LogP contribution in [0, 0.1) is 29.1 Å². The smallest absolute Gasteiger partial charge is 0.0261 e. The summed E-state index contributed by atoms with van der Waals surface area (Å²) in [5.74, 6) is 4.21. The fourth-order valence-electron chi connectivity index (χ4n) is 3.68. The molecule has 14 heavy (non-hydrogen) atoms. The molecule has 0 N–H and O–H groups in total. The van der Waals surface area contributed by atoms with Gasteiger partial charge in [0.15, 0.2) is 0 Å². The average molecular weight is 194 g/mol. The maximum absolute atomic E-state index is 2.55. The van der Waals surface area contributed by atoms with E-state index in [9.17, 15) is 0 Å². The minimum Gasteiger partial charge on any atom is -0.0654 e.